The van der Waals surface area contributed by atoms with Gasteiger partial charge in [0.05, 0.1) is 6.61 Å². The number of carbonyl (C=O) groups excluding carboxylic acids is 1. The van der Waals surface area contributed by atoms with E-state index in [0.29, 0.717) is 0 Å². The first-order valence-corrected chi connectivity index (χ1v) is 6.87. The molecule has 20 heavy (non-hydrogen) atoms. The highest BCUT2D eigenvalue weighted by atomic mass is 19.1. The number of hydrogen-bond donors (Lipinski definition) is 0. The van der Waals surface area contributed by atoms with Crippen LogP contribution < -0.4 is 0 Å². The molecule has 0 N–H and O–H groups in total. The fraction of sp³-hybridized carbons (Fsp3) is 0.533. The number of likely N-dealkylation sites (tertiary alicyclic amines) is 1. The van der Waals surface area contributed by atoms with Crippen molar-refractivity contribution in [3.8, 4) is 0 Å². The summed E-state index contributed by atoms with van der Waals surface area (Å²) in [6.07, 6.45) is 1.47. The van der Waals surface area contributed by atoms with Gasteiger partial charge >= 0.3 is 0 Å². The lowest BCUT2D eigenvalue weighted by molar-refractivity contribution is -0.143. The second-order valence-electron chi connectivity index (χ2n) is 5.79. The molecule has 0 bridgehead atoms. The maximum absolute atomic E-state index is 13.4. The SMILES string of the molecule is O=C(CCc1cc(F)ccc1F)N1CC2(CCOC2)C1. The topological polar surface area (TPSA) is 29.5 Å². The molecule has 1 aromatic carbocycles. The fourth-order valence-corrected chi connectivity index (χ4v) is 2.97. The number of amides is 1. The molecule has 2 fully saturated rings. The molecule has 0 aromatic heterocycles. The maximum atomic E-state index is 13.4. The Morgan fingerprint density at radius 1 is 1.35 bits per heavy atom. The first kappa shape index (κ1) is 13.5. The van der Waals surface area contributed by atoms with Crippen LogP contribution in [0.1, 0.15) is 18.4 Å². The van der Waals surface area contributed by atoms with Gasteiger partial charge in [0.2, 0.25) is 5.91 Å². The van der Waals surface area contributed by atoms with Gasteiger partial charge in [-0.15, -0.1) is 0 Å². The molecule has 0 radical (unpaired) electrons. The van der Waals surface area contributed by atoms with E-state index in [2.05, 4.69) is 0 Å². The standard InChI is InChI=1S/C15H17F2NO2/c16-12-2-3-13(17)11(7-12)1-4-14(19)18-8-15(9-18)5-6-20-10-15/h2-3,7H,1,4-6,8-10H2. The summed E-state index contributed by atoms with van der Waals surface area (Å²) in [5, 5.41) is 0. The van der Waals surface area contributed by atoms with Crippen molar-refractivity contribution in [1.82, 2.24) is 4.90 Å². The molecule has 3 nitrogen and oxygen atoms in total. The Labute approximate surface area is 116 Å². The number of aryl methyl sites for hydroxylation is 1. The van der Waals surface area contributed by atoms with Gasteiger partial charge in [-0.2, -0.15) is 0 Å². The molecule has 1 spiro atoms. The average Bonchev–Trinajstić information content (AvgIpc) is 2.87. The van der Waals surface area contributed by atoms with E-state index in [1.165, 1.54) is 0 Å². The van der Waals surface area contributed by atoms with Crippen LogP contribution in [0, 0.1) is 17.0 Å². The first-order chi connectivity index (χ1) is 9.58. The lowest BCUT2D eigenvalue weighted by Gasteiger charge is -2.47. The molecule has 2 aliphatic rings. The van der Waals surface area contributed by atoms with Crippen LogP contribution in [0.3, 0.4) is 0 Å². The zero-order valence-corrected chi connectivity index (χ0v) is 11.2. The van der Waals surface area contributed by atoms with Crippen LogP contribution in [0.5, 0.6) is 0 Å². The predicted octanol–water partition coefficient (Wildman–Crippen LogP) is 2.15. The lowest BCUT2D eigenvalue weighted by atomic mass is 9.79. The minimum atomic E-state index is -0.472. The Hall–Kier alpha value is -1.49. The number of halogens is 2. The minimum Gasteiger partial charge on any atom is -0.381 e. The number of benzene rings is 1. The molecule has 2 aliphatic heterocycles. The third kappa shape index (κ3) is 2.54. The summed E-state index contributed by atoms with van der Waals surface area (Å²) >= 11 is 0. The molecule has 108 valence electrons. The van der Waals surface area contributed by atoms with Crippen LogP contribution in [0.25, 0.3) is 0 Å². The number of carbonyl (C=O) groups is 1. The number of hydrogen-bond acceptors (Lipinski definition) is 2. The van der Waals surface area contributed by atoms with Crippen molar-refractivity contribution < 1.29 is 18.3 Å². The highest BCUT2D eigenvalue weighted by Gasteiger charge is 2.47. The van der Waals surface area contributed by atoms with Crippen molar-refractivity contribution in [1.29, 1.82) is 0 Å². The normalized spacial score (nSPS) is 20.2. The first-order valence-electron chi connectivity index (χ1n) is 6.87. The minimum absolute atomic E-state index is 0.00573. The Bertz CT molecular complexity index is 519. The highest BCUT2D eigenvalue weighted by Crippen LogP contribution is 2.38. The van der Waals surface area contributed by atoms with Gasteiger partial charge in [-0.3, -0.25) is 4.79 Å². The zero-order chi connectivity index (χ0) is 14.2. The molecule has 0 atom stereocenters. The number of nitrogens with zero attached hydrogens (tertiary/aromatic N) is 1. The van der Waals surface area contributed by atoms with E-state index in [4.69, 9.17) is 4.74 Å². The maximum Gasteiger partial charge on any atom is 0.222 e. The van der Waals surface area contributed by atoms with E-state index in [9.17, 15) is 13.6 Å². The predicted molar refractivity (Wildman–Crippen MR) is 69.1 cm³/mol. The van der Waals surface area contributed by atoms with Crippen molar-refractivity contribution >= 4 is 5.91 Å². The summed E-state index contributed by atoms with van der Waals surface area (Å²) in [7, 11) is 0. The molecule has 0 unspecified atom stereocenters. The van der Waals surface area contributed by atoms with Crippen molar-refractivity contribution in [3.63, 3.8) is 0 Å². The van der Waals surface area contributed by atoms with Gasteiger partial charge in [0.15, 0.2) is 0 Å². The number of rotatable bonds is 3. The van der Waals surface area contributed by atoms with Crippen LogP contribution in [0.4, 0.5) is 8.78 Å². The summed E-state index contributed by atoms with van der Waals surface area (Å²) in [6.45, 7) is 2.97. The van der Waals surface area contributed by atoms with E-state index < -0.39 is 11.6 Å². The van der Waals surface area contributed by atoms with Crippen LogP contribution in [0.15, 0.2) is 18.2 Å². The largest absolute Gasteiger partial charge is 0.381 e. The number of ether oxygens (including phenoxy) is 1. The van der Waals surface area contributed by atoms with Gasteiger partial charge in [0, 0.05) is 31.5 Å². The second-order valence-corrected chi connectivity index (χ2v) is 5.79. The Morgan fingerprint density at radius 3 is 2.85 bits per heavy atom. The van der Waals surface area contributed by atoms with E-state index in [-0.39, 0.29) is 29.7 Å². The van der Waals surface area contributed by atoms with Crippen LogP contribution >= 0.6 is 0 Å². The lowest BCUT2D eigenvalue weighted by Crippen LogP contribution is -2.58. The molecular weight excluding hydrogens is 264 g/mol. The smallest absolute Gasteiger partial charge is 0.222 e. The van der Waals surface area contributed by atoms with Gasteiger partial charge in [-0.05, 0) is 36.6 Å². The van der Waals surface area contributed by atoms with Gasteiger partial charge in [0.25, 0.3) is 0 Å². The Balaban J connectivity index is 1.52. The fourth-order valence-electron chi connectivity index (χ4n) is 2.97. The molecule has 1 aromatic rings. The third-order valence-electron chi connectivity index (χ3n) is 4.21. The van der Waals surface area contributed by atoms with Gasteiger partial charge in [-0.1, -0.05) is 0 Å². The van der Waals surface area contributed by atoms with E-state index in [1.54, 1.807) is 4.90 Å². The van der Waals surface area contributed by atoms with Crippen LogP contribution in [0.2, 0.25) is 0 Å². The molecule has 3 rings (SSSR count). The monoisotopic (exact) mass is 281 g/mol. The van der Waals surface area contributed by atoms with Crippen LogP contribution in [-0.4, -0.2) is 37.1 Å². The van der Waals surface area contributed by atoms with Gasteiger partial charge < -0.3 is 9.64 Å². The summed E-state index contributed by atoms with van der Waals surface area (Å²) < 4.78 is 31.8. The average molecular weight is 281 g/mol. The zero-order valence-electron chi connectivity index (χ0n) is 11.2. The molecule has 0 aliphatic carbocycles. The molecule has 5 heteroatoms. The Kier molecular flexibility index (Phi) is 3.46. The van der Waals surface area contributed by atoms with Crippen LogP contribution in [-0.2, 0) is 16.0 Å². The van der Waals surface area contributed by atoms with Crippen molar-refractivity contribution in [2.75, 3.05) is 26.3 Å². The van der Waals surface area contributed by atoms with Gasteiger partial charge in [-0.25, -0.2) is 8.78 Å². The highest BCUT2D eigenvalue weighted by molar-refractivity contribution is 5.77. The Morgan fingerprint density at radius 2 is 2.15 bits per heavy atom. The van der Waals surface area contributed by atoms with E-state index >= 15 is 0 Å². The quantitative estimate of drug-likeness (QED) is 0.849. The summed E-state index contributed by atoms with van der Waals surface area (Å²) in [6, 6.07) is 3.34. The third-order valence-corrected chi connectivity index (χ3v) is 4.21. The molecule has 2 saturated heterocycles. The van der Waals surface area contributed by atoms with Crippen molar-refractivity contribution in [3.05, 3.63) is 35.4 Å². The molecule has 2 heterocycles. The van der Waals surface area contributed by atoms with Crippen molar-refractivity contribution in [2.24, 2.45) is 5.41 Å². The summed E-state index contributed by atoms with van der Waals surface area (Å²) in [5.74, 6) is -0.922. The summed E-state index contributed by atoms with van der Waals surface area (Å²) in [4.78, 5) is 13.8. The summed E-state index contributed by atoms with van der Waals surface area (Å²) in [5.41, 5.74) is 0.428. The molecular formula is C15H17F2NO2. The molecule has 0 saturated carbocycles. The molecule has 1 amide bonds. The van der Waals surface area contributed by atoms with E-state index in [1.807, 2.05) is 0 Å². The van der Waals surface area contributed by atoms with Gasteiger partial charge in [0.1, 0.15) is 11.6 Å². The second kappa shape index (κ2) is 5.13. The van der Waals surface area contributed by atoms with Crippen molar-refractivity contribution in [2.45, 2.75) is 19.3 Å². The van der Waals surface area contributed by atoms with E-state index in [0.717, 1.165) is 50.9 Å².